The number of hydrogen-bond acceptors (Lipinski definition) is 1. The Bertz CT molecular complexity index is 587. The van der Waals surface area contributed by atoms with Gasteiger partial charge < -0.3 is 4.74 Å². The lowest BCUT2D eigenvalue weighted by molar-refractivity contribution is 0.418. The van der Waals surface area contributed by atoms with Gasteiger partial charge in [0.05, 0.1) is 0 Å². The molecule has 0 spiro atoms. The summed E-state index contributed by atoms with van der Waals surface area (Å²) in [7, 11) is 0. The van der Waals surface area contributed by atoms with Gasteiger partial charge in [-0.3, -0.25) is 0 Å². The third-order valence-corrected chi connectivity index (χ3v) is 3.89. The lowest BCUT2D eigenvalue weighted by atomic mass is 9.76. The molecule has 2 aromatic rings. The van der Waals surface area contributed by atoms with Crippen LogP contribution in [0.5, 0.6) is 11.5 Å². The maximum Gasteiger partial charge on any atom is 0.131 e. The highest BCUT2D eigenvalue weighted by atomic mass is 79.9. The van der Waals surface area contributed by atoms with Crippen LogP contribution in [0.25, 0.3) is 0 Å². The maximum absolute atomic E-state index is 5.95. The smallest absolute Gasteiger partial charge is 0.131 e. The Labute approximate surface area is 110 Å². The Hall–Kier alpha value is -1.28. The molecule has 1 aliphatic heterocycles. The lowest BCUT2D eigenvalue weighted by Crippen LogP contribution is -2.24. The molecule has 0 amide bonds. The largest absolute Gasteiger partial charge is 0.457 e. The average Bonchev–Trinajstić information content (AvgIpc) is 2.31. The highest BCUT2D eigenvalue weighted by molar-refractivity contribution is 9.10. The number of halogens is 1. The fourth-order valence-corrected chi connectivity index (χ4v) is 2.78. The molecule has 86 valence electrons. The Morgan fingerprint density at radius 2 is 1.65 bits per heavy atom. The quantitative estimate of drug-likeness (QED) is 0.671. The van der Waals surface area contributed by atoms with Crippen molar-refractivity contribution in [3.8, 4) is 11.5 Å². The second kappa shape index (κ2) is 3.61. The summed E-state index contributed by atoms with van der Waals surface area (Å²) in [6.45, 7) is 4.47. The van der Waals surface area contributed by atoms with E-state index in [2.05, 4.69) is 48.0 Å². The zero-order valence-electron chi connectivity index (χ0n) is 9.83. The predicted molar refractivity (Wildman–Crippen MR) is 72.8 cm³/mol. The van der Waals surface area contributed by atoms with Gasteiger partial charge in [0.25, 0.3) is 0 Å². The zero-order chi connectivity index (χ0) is 12.0. The summed E-state index contributed by atoms with van der Waals surface area (Å²) in [5, 5.41) is 0. The molecular weight excluding hydrogens is 276 g/mol. The molecule has 0 aliphatic carbocycles. The van der Waals surface area contributed by atoms with Gasteiger partial charge in [-0.2, -0.15) is 0 Å². The van der Waals surface area contributed by atoms with E-state index < -0.39 is 0 Å². The number of fused-ring (bicyclic) bond motifs is 2. The minimum Gasteiger partial charge on any atom is -0.457 e. The van der Waals surface area contributed by atoms with E-state index in [1.165, 1.54) is 11.1 Å². The van der Waals surface area contributed by atoms with Gasteiger partial charge in [-0.1, -0.05) is 48.0 Å². The average molecular weight is 289 g/mol. The second-order valence-corrected chi connectivity index (χ2v) is 5.78. The number of hydrogen-bond donors (Lipinski definition) is 0. The van der Waals surface area contributed by atoms with E-state index in [9.17, 15) is 0 Å². The minimum absolute atomic E-state index is 0.0199. The van der Waals surface area contributed by atoms with Crippen LogP contribution in [0, 0.1) is 0 Å². The SMILES string of the molecule is CC1(C)c2ccccc2Oc2ccc(Br)cc21. The van der Waals surface area contributed by atoms with Crippen molar-refractivity contribution in [3.05, 3.63) is 58.1 Å². The molecule has 0 N–H and O–H groups in total. The van der Waals surface area contributed by atoms with Gasteiger partial charge in [0.2, 0.25) is 0 Å². The van der Waals surface area contributed by atoms with E-state index >= 15 is 0 Å². The number of rotatable bonds is 0. The number of ether oxygens (including phenoxy) is 1. The molecule has 0 unspecified atom stereocenters. The van der Waals surface area contributed by atoms with Crippen LogP contribution >= 0.6 is 15.9 Å². The summed E-state index contributed by atoms with van der Waals surface area (Å²) in [5.41, 5.74) is 2.45. The van der Waals surface area contributed by atoms with Crippen molar-refractivity contribution in [1.29, 1.82) is 0 Å². The Morgan fingerprint density at radius 1 is 0.941 bits per heavy atom. The molecule has 0 radical (unpaired) electrons. The summed E-state index contributed by atoms with van der Waals surface area (Å²) in [4.78, 5) is 0. The first kappa shape index (κ1) is 10.8. The zero-order valence-corrected chi connectivity index (χ0v) is 11.4. The first-order valence-corrected chi connectivity index (χ1v) is 6.46. The summed E-state index contributed by atoms with van der Waals surface area (Å²) in [6, 6.07) is 14.4. The molecule has 1 heterocycles. The van der Waals surface area contributed by atoms with Crippen molar-refractivity contribution in [2.24, 2.45) is 0 Å². The van der Waals surface area contributed by atoms with E-state index in [-0.39, 0.29) is 5.41 Å². The summed E-state index contributed by atoms with van der Waals surface area (Å²) in [5.74, 6) is 1.92. The van der Waals surface area contributed by atoms with Gasteiger partial charge >= 0.3 is 0 Å². The van der Waals surface area contributed by atoms with E-state index in [0.717, 1.165) is 16.0 Å². The molecule has 0 saturated carbocycles. The second-order valence-electron chi connectivity index (χ2n) is 4.86. The first-order valence-electron chi connectivity index (χ1n) is 5.66. The van der Waals surface area contributed by atoms with Crippen LogP contribution < -0.4 is 4.74 Å². The monoisotopic (exact) mass is 288 g/mol. The van der Waals surface area contributed by atoms with Crippen LogP contribution in [0.3, 0.4) is 0 Å². The molecule has 3 rings (SSSR count). The van der Waals surface area contributed by atoms with Gasteiger partial charge in [0.1, 0.15) is 11.5 Å². The third-order valence-electron chi connectivity index (χ3n) is 3.40. The minimum atomic E-state index is -0.0199. The Morgan fingerprint density at radius 3 is 2.47 bits per heavy atom. The molecular formula is C15H13BrO. The van der Waals surface area contributed by atoms with Crippen molar-refractivity contribution >= 4 is 15.9 Å². The van der Waals surface area contributed by atoms with Crippen molar-refractivity contribution in [2.45, 2.75) is 19.3 Å². The fourth-order valence-electron chi connectivity index (χ4n) is 2.42. The summed E-state index contributed by atoms with van der Waals surface area (Å²) < 4.78 is 7.04. The Balaban J connectivity index is 2.27. The number of para-hydroxylation sites is 1. The van der Waals surface area contributed by atoms with Crippen LogP contribution in [-0.2, 0) is 5.41 Å². The van der Waals surface area contributed by atoms with Crippen LogP contribution in [0.2, 0.25) is 0 Å². The van der Waals surface area contributed by atoms with Crippen LogP contribution in [0.4, 0.5) is 0 Å². The van der Waals surface area contributed by atoms with Crippen molar-refractivity contribution in [2.75, 3.05) is 0 Å². The van der Waals surface area contributed by atoms with E-state index in [1.807, 2.05) is 24.3 Å². The summed E-state index contributed by atoms with van der Waals surface area (Å²) >= 11 is 3.53. The third kappa shape index (κ3) is 1.59. The molecule has 2 heteroatoms. The van der Waals surface area contributed by atoms with Crippen molar-refractivity contribution < 1.29 is 4.74 Å². The molecule has 0 aromatic heterocycles. The normalized spacial score (nSPS) is 15.7. The highest BCUT2D eigenvalue weighted by Crippen LogP contribution is 2.48. The van der Waals surface area contributed by atoms with Crippen LogP contribution in [0.1, 0.15) is 25.0 Å². The molecule has 0 fully saturated rings. The van der Waals surface area contributed by atoms with Crippen molar-refractivity contribution in [1.82, 2.24) is 0 Å². The number of benzene rings is 2. The van der Waals surface area contributed by atoms with E-state index in [1.54, 1.807) is 0 Å². The molecule has 0 atom stereocenters. The first-order chi connectivity index (χ1) is 8.09. The molecule has 2 aromatic carbocycles. The topological polar surface area (TPSA) is 9.23 Å². The highest BCUT2D eigenvalue weighted by Gasteiger charge is 2.33. The van der Waals surface area contributed by atoms with Gasteiger partial charge in [0.15, 0.2) is 0 Å². The maximum atomic E-state index is 5.95. The van der Waals surface area contributed by atoms with Gasteiger partial charge in [0, 0.05) is 21.0 Å². The van der Waals surface area contributed by atoms with E-state index in [4.69, 9.17) is 4.74 Å². The van der Waals surface area contributed by atoms with Crippen LogP contribution in [0.15, 0.2) is 46.9 Å². The molecule has 0 bridgehead atoms. The molecule has 1 nitrogen and oxygen atoms in total. The van der Waals surface area contributed by atoms with Crippen LogP contribution in [-0.4, -0.2) is 0 Å². The van der Waals surface area contributed by atoms with Crippen molar-refractivity contribution in [3.63, 3.8) is 0 Å². The van der Waals surface area contributed by atoms with Gasteiger partial charge in [-0.05, 0) is 24.3 Å². The molecule has 17 heavy (non-hydrogen) atoms. The molecule has 0 saturated heterocycles. The molecule has 1 aliphatic rings. The van der Waals surface area contributed by atoms with Gasteiger partial charge in [-0.15, -0.1) is 0 Å². The standard InChI is InChI=1S/C15H13BrO/c1-15(2)11-5-3-4-6-13(11)17-14-8-7-10(16)9-12(14)15/h3-9H,1-2H3. The van der Waals surface area contributed by atoms with Gasteiger partial charge in [-0.25, -0.2) is 0 Å². The predicted octanol–water partition coefficient (Wildman–Crippen LogP) is 4.88. The lowest BCUT2D eigenvalue weighted by Gasteiger charge is -2.34. The Kier molecular flexibility index (Phi) is 2.30. The van der Waals surface area contributed by atoms with E-state index in [0.29, 0.717) is 0 Å². The summed E-state index contributed by atoms with van der Waals surface area (Å²) in [6.07, 6.45) is 0. The fraction of sp³-hybridized carbons (Fsp3) is 0.200.